The van der Waals surface area contributed by atoms with Gasteiger partial charge < -0.3 is 10.5 Å². The predicted molar refractivity (Wildman–Crippen MR) is 62.2 cm³/mol. The zero-order chi connectivity index (χ0) is 11.1. The Morgan fingerprint density at radius 3 is 3.12 bits per heavy atom. The van der Waals surface area contributed by atoms with Crippen LogP contribution in [0.2, 0.25) is 0 Å². The lowest BCUT2D eigenvalue weighted by atomic mass is 10.0. The maximum absolute atomic E-state index is 5.80. The Balaban J connectivity index is 2.06. The lowest BCUT2D eigenvalue weighted by Crippen LogP contribution is -2.05. The molecule has 82 valence electrons. The summed E-state index contributed by atoms with van der Waals surface area (Å²) >= 11 is 0. The second-order valence-corrected chi connectivity index (χ2v) is 4.15. The molecule has 3 N–H and O–H groups in total. The van der Waals surface area contributed by atoms with Crippen LogP contribution in [-0.4, -0.2) is 16.3 Å². The van der Waals surface area contributed by atoms with Crippen LogP contribution in [0.1, 0.15) is 12.5 Å². The van der Waals surface area contributed by atoms with E-state index in [1.165, 1.54) is 5.56 Å². The molecule has 1 aliphatic rings. The Labute approximate surface area is 93.4 Å². The van der Waals surface area contributed by atoms with Crippen molar-refractivity contribution in [3.8, 4) is 16.9 Å². The summed E-state index contributed by atoms with van der Waals surface area (Å²) in [5.41, 5.74) is 9.07. The van der Waals surface area contributed by atoms with Gasteiger partial charge in [-0.2, -0.15) is 5.10 Å². The van der Waals surface area contributed by atoms with Crippen molar-refractivity contribution in [2.75, 3.05) is 5.73 Å². The second kappa shape index (κ2) is 3.27. The number of nitrogens with zero attached hydrogens (tertiary/aromatic N) is 1. The first-order valence-corrected chi connectivity index (χ1v) is 5.33. The van der Waals surface area contributed by atoms with Gasteiger partial charge in [0.25, 0.3) is 0 Å². The van der Waals surface area contributed by atoms with Gasteiger partial charge in [0.1, 0.15) is 17.7 Å². The Bertz CT molecular complexity index is 533. The van der Waals surface area contributed by atoms with Gasteiger partial charge in [-0.25, -0.2) is 0 Å². The number of aromatic amines is 1. The van der Waals surface area contributed by atoms with E-state index in [4.69, 9.17) is 10.5 Å². The third kappa shape index (κ3) is 1.34. The lowest BCUT2D eigenvalue weighted by molar-refractivity contribution is 0.254. The topological polar surface area (TPSA) is 63.9 Å². The number of aromatic nitrogens is 2. The summed E-state index contributed by atoms with van der Waals surface area (Å²) < 4.78 is 5.65. The minimum Gasteiger partial charge on any atom is -0.490 e. The molecule has 2 heterocycles. The Morgan fingerprint density at radius 2 is 2.38 bits per heavy atom. The Morgan fingerprint density at radius 1 is 1.50 bits per heavy atom. The van der Waals surface area contributed by atoms with E-state index >= 15 is 0 Å². The van der Waals surface area contributed by atoms with E-state index < -0.39 is 0 Å². The summed E-state index contributed by atoms with van der Waals surface area (Å²) in [5.74, 6) is 1.59. The molecule has 1 aromatic heterocycles. The number of fused-ring (bicyclic) bond motifs is 1. The van der Waals surface area contributed by atoms with E-state index in [1.807, 2.05) is 12.1 Å². The van der Waals surface area contributed by atoms with Gasteiger partial charge in [-0.3, -0.25) is 5.10 Å². The molecule has 0 radical (unpaired) electrons. The van der Waals surface area contributed by atoms with Gasteiger partial charge in [-0.1, -0.05) is 6.07 Å². The lowest BCUT2D eigenvalue weighted by Gasteiger charge is -2.03. The minimum atomic E-state index is 0.270. The number of nitrogens with one attached hydrogen (secondary N) is 1. The first-order chi connectivity index (χ1) is 7.74. The van der Waals surface area contributed by atoms with Crippen molar-refractivity contribution < 1.29 is 4.74 Å². The highest BCUT2D eigenvalue weighted by atomic mass is 16.5. The zero-order valence-electron chi connectivity index (χ0n) is 9.03. The highest BCUT2D eigenvalue weighted by molar-refractivity contribution is 5.74. The van der Waals surface area contributed by atoms with Crippen LogP contribution in [0.15, 0.2) is 24.4 Å². The van der Waals surface area contributed by atoms with Crippen LogP contribution in [0, 0.1) is 0 Å². The Kier molecular flexibility index (Phi) is 1.89. The van der Waals surface area contributed by atoms with Crippen LogP contribution in [-0.2, 0) is 6.42 Å². The molecule has 0 saturated heterocycles. The number of rotatable bonds is 1. The highest BCUT2D eigenvalue weighted by Gasteiger charge is 2.19. The monoisotopic (exact) mass is 215 g/mol. The molecule has 1 aromatic carbocycles. The second-order valence-electron chi connectivity index (χ2n) is 4.15. The molecular weight excluding hydrogens is 202 g/mol. The molecule has 4 heteroatoms. The molecule has 1 aliphatic heterocycles. The molecule has 0 saturated carbocycles. The molecule has 0 spiro atoms. The average molecular weight is 215 g/mol. The molecule has 4 nitrogen and oxygen atoms in total. The summed E-state index contributed by atoms with van der Waals surface area (Å²) in [6.45, 7) is 2.08. The van der Waals surface area contributed by atoms with Crippen LogP contribution in [0.25, 0.3) is 11.1 Å². The van der Waals surface area contributed by atoms with E-state index in [0.717, 1.165) is 23.3 Å². The largest absolute Gasteiger partial charge is 0.490 e. The van der Waals surface area contributed by atoms with Crippen LogP contribution in [0.5, 0.6) is 5.75 Å². The molecule has 0 fully saturated rings. The fraction of sp³-hybridized carbons (Fsp3) is 0.250. The molecule has 16 heavy (non-hydrogen) atoms. The molecule has 2 aromatic rings. The van der Waals surface area contributed by atoms with E-state index in [1.54, 1.807) is 6.20 Å². The number of nitrogens with two attached hydrogens (primary N) is 1. The van der Waals surface area contributed by atoms with Crippen molar-refractivity contribution in [3.63, 3.8) is 0 Å². The number of hydrogen-bond acceptors (Lipinski definition) is 3. The third-order valence-electron chi connectivity index (χ3n) is 2.88. The first kappa shape index (κ1) is 9.27. The SMILES string of the molecule is CC1Cc2cc(-c3cn[nH]c3N)ccc2O1. The molecule has 1 atom stereocenters. The quantitative estimate of drug-likeness (QED) is 0.764. The summed E-state index contributed by atoms with van der Waals surface area (Å²) in [5, 5.41) is 6.67. The molecule has 0 aliphatic carbocycles. The number of H-pyrrole nitrogens is 1. The predicted octanol–water partition coefficient (Wildman–Crippen LogP) is 1.98. The van der Waals surface area contributed by atoms with Crippen molar-refractivity contribution in [3.05, 3.63) is 30.0 Å². The molecule has 0 amide bonds. The summed E-state index contributed by atoms with van der Waals surface area (Å²) in [7, 11) is 0. The normalized spacial score (nSPS) is 18.2. The van der Waals surface area contributed by atoms with Crippen LogP contribution in [0.4, 0.5) is 5.82 Å². The van der Waals surface area contributed by atoms with Crippen LogP contribution in [0.3, 0.4) is 0 Å². The van der Waals surface area contributed by atoms with Crippen molar-refractivity contribution in [1.82, 2.24) is 10.2 Å². The van der Waals surface area contributed by atoms with E-state index in [-0.39, 0.29) is 6.10 Å². The number of anilines is 1. The van der Waals surface area contributed by atoms with Crippen molar-refractivity contribution in [2.45, 2.75) is 19.4 Å². The van der Waals surface area contributed by atoms with Gasteiger partial charge in [-0.05, 0) is 30.2 Å². The first-order valence-electron chi connectivity index (χ1n) is 5.33. The number of benzene rings is 1. The van der Waals surface area contributed by atoms with Gasteiger partial charge in [-0.15, -0.1) is 0 Å². The summed E-state index contributed by atoms with van der Waals surface area (Å²) in [4.78, 5) is 0. The highest BCUT2D eigenvalue weighted by Crippen LogP contribution is 2.33. The van der Waals surface area contributed by atoms with Crippen molar-refractivity contribution >= 4 is 5.82 Å². The van der Waals surface area contributed by atoms with Gasteiger partial charge >= 0.3 is 0 Å². The maximum Gasteiger partial charge on any atom is 0.126 e. The van der Waals surface area contributed by atoms with Crippen LogP contribution >= 0.6 is 0 Å². The molecule has 3 rings (SSSR count). The maximum atomic E-state index is 5.80. The summed E-state index contributed by atoms with van der Waals surface area (Å²) in [6, 6.07) is 6.14. The molecule has 1 unspecified atom stereocenters. The van der Waals surface area contributed by atoms with Gasteiger partial charge in [0, 0.05) is 12.0 Å². The standard InChI is InChI=1S/C12H13N3O/c1-7-4-9-5-8(2-3-11(9)16-7)10-6-14-15-12(10)13/h2-3,5-7H,4H2,1H3,(H3,13,14,15). The van der Waals surface area contributed by atoms with Gasteiger partial charge in [0.2, 0.25) is 0 Å². The summed E-state index contributed by atoms with van der Waals surface area (Å²) in [6.07, 6.45) is 2.98. The van der Waals surface area contributed by atoms with Gasteiger partial charge in [0.05, 0.1) is 6.20 Å². The molecular formula is C12H13N3O. The van der Waals surface area contributed by atoms with Crippen LogP contribution < -0.4 is 10.5 Å². The molecule has 0 bridgehead atoms. The van der Waals surface area contributed by atoms with Gasteiger partial charge in [0.15, 0.2) is 0 Å². The Hall–Kier alpha value is -1.97. The van der Waals surface area contributed by atoms with E-state index in [0.29, 0.717) is 5.82 Å². The smallest absolute Gasteiger partial charge is 0.126 e. The fourth-order valence-electron chi connectivity index (χ4n) is 2.12. The van der Waals surface area contributed by atoms with E-state index in [2.05, 4.69) is 23.2 Å². The van der Waals surface area contributed by atoms with Crippen molar-refractivity contribution in [2.24, 2.45) is 0 Å². The fourth-order valence-corrected chi connectivity index (χ4v) is 2.12. The third-order valence-corrected chi connectivity index (χ3v) is 2.88. The number of hydrogen-bond donors (Lipinski definition) is 2. The van der Waals surface area contributed by atoms with E-state index in [9.17, 15) is 0 Å². The minimum absolute atomic E-state index is 0.270. The zero-order valence-corrected chi connectivity index (χ0v) is 9.03. The van der Waals surface area contributed by atoms with Crippen molar-refractivity contribution in [1.29, 1.82) is 0 Å². The number of ether oxygens (including phenoxy) is 1. The number of nitrogen functional groups attached to an aromatic ring is 1. The average Bonchev–Trinajstić information content (AvgIpc) is 2.81.